The van der Waals surface area contributed by atoms with Crippen molar-refractivity contribution in [2.45, 2.75) is 20.8 Å². The summed E-state index contributed by atoms with van der Waals surface area (Å²) in [6.45, 7) is 7.00. The number of rotatable bonds is 0. The van der Waals surface area contributed by atoms with Crippen LogP contribution < -0.4 is 10.4 Å². The van der Waals surface area contributed by atoms with Crippen LogP contribution in [0.5, 0.6) is 0 Å². The summed E-state index contributed by atoms with van der Waals surface area (Å²) < 4.78 is 1.42. The second-order valence-electron chi connectivity index (χ2n) is 5.67. The Kier molecular flexibility index (Phi) is 4.26. The van der Waals surface area contributed by atoms with Crippen LogP contribution in [0.25, 0.3) is 4.24 Å². The Bertz CT molecular complexity index is 532. The van der Waals surface area contributed by atoms with E-state index in [1.165, 1.54) is 21.0 Å². The number of nitrogens with one attached hydrogen (secondary N) is 1. The van der Waals surface area contributed by atoms with Gasteiger partial charge in [-0.25, -0.2) is 0 Å². The molecule has 1 nitrogen and oxygen atoms in total. The molecule has 3 heteroatoms. The zero-order valence-electron chi connectivity index (χ0n) is 11.1. The molecule has 1 fully saturated rings. The maximum atomic E-state index is 7.09. The number of hydrogen-bond acceptors (Lipinski definition) is 3. The van der Waals surface area contributed by atoms with E-state index >= 15 is 0 Å². The molecular weight excluding hydrogens is 258 g/mol. The lowest BCUT2D eigenvalue weighted by Gasteiger charge is -2.33. The van der Waals surface area contributed by atoms with Crippen molar-refractivity contribution in [1.29, 1.82) is 5.41 Å². The molecule has 0 amide bonds. The van der Waals surface area contributed by atoms with Gasteiger partial charge in [-0.15, -0.1) is 23.5 Å². The Morgan fingerprint density at radius 3 is 2.11 bits per heavy atom. The highest BCUT2D eigenvalue weighted by molar-refractivity contribution is 8.30. The lowest BCUT2D eigenvalue weighted by Crippen LogP contribution is -2.27. The second kappa shape index (κ2) is 5.56. The molecule has 1 aromatic rings. The van der Waals surface area contributed by atoms with Crippen molar-refractivity contribution in [1.82, 2.24) is 0 Å². The first-order valence-corrected chi connectivity index (χ1v) is 8.13. The number of hydrogen-bond donors (Lipinski definition) is 1. The average molecular weight is 277 g/mol. The fraction of sp³-hybridized carbons (Fsp3) is 0.467. The number of thioether (sulfide) groups is 2. The fourth-order valence-corrected chi connectivity index (χ4v) is 5.24. The molecule has 0 radical (unpaired) electrons. The summed E-state index contributed by atoms with van der Waals surface area (Å²) in [7, 11) is 0. The molecule has 1 N–H and O–H groups in total. The van der Waals surface area contributed by atoms with Gasteiger partial charge in [0.1, 0.15) is 0 Å². The van der Waals surface area contributed by atoms with Crippen molar-refractivity contribution in [3.05, 3.63) is 34.7 Å². The summed E-state index contributed by atoms with van der Waals surface area (Å²) in [6.07, 6.45) is 0. The van der Waals surface area contributed by atoms with Crippen molar-refractivity contribution in [3.63, 3.8) is 0 Å². The summed E-state index contributed by atoms with van der Waals surface area (Å²) in [5.74, 6) is 5.62. The smallest absolute Gasteiger partial charge is 0.0474 e. The van der Waals surface area contributed by atoms with Crippen LogP contribution in [0.4, 0.5) is 0 Å². The third-order valence-electron chi connectivity index (χ3n) is 3.32. The Morgan fingerprint density at radius 2 is 1.67 bits per heavy atom. The molecule has 0 atom stereocenters. The van der Waals surface area contributed by atoms with Gasteiger partial charge in [-0.1, -0.05) is 32.9 Å². The topological polar surface area (TPSA) is 23.9 Å². The van der Waals surface area contributed by atoms with Crippen LogP contribution in [0.2, 0.25) is 0 Å². The van der Waals surface area contributed by atoms with E-state index < -0.39 is 0 Å². The van der Waals surface area contributed by atoms with Gasteiger partial charge in [0.05, 0.1) is 0 Å². The van der Waals surface area contributed by atoms with Crippen LogP contribution >= 0.6 is 23.5 Å². The highest BCUT2D eigenvalue weighted by Crippen LogP contribution is 2.43. The third-order valence-corrected chi connectivity index (χ3v) is 6.16. The Balaban J connectivity index is 2.20. The van der Waals surface area contributed by atoms with Crippen LogP contribution in [-0.2, 0) is 0 Å². The Labute approximate surface area is 117 Å². The molecule has 0 unspecified atom stereocenters. The molecule has 0 aliphatic carbocycles. The molecule has 1 saturated heterocycles. The molecular formula is C15H19NS2. The molecule has 0 spiro atoms. The first kappa shape index (κ1) is 13.8. The minimum Gasteiger partial charge on any atom is -0.258 e. The predicted octanol–water partition coefficient (Wildman–Crippen LogP) is 2.81. The SMILES string of the molecule is CC(C)(C)C1CSC(=c2ccc(=C=N)cc2)SC1. The fourth-order valence-electron chi connectivity index (χ4n) is 1.80. The van der Waals surface area contributed by atoms with Crippen molar-refractivity contribution in [2.24, 2.45) is 11.3 Å². The lowest BCUT2D eigenvalue weighted by molar-refractivity contribution is 0.294. The highest BCUT2D eigenvalue weighted by Gasteiger charge is 2.28. The zero-order valence-corrected chi connectivity index (χ0v) is 12.8. The van der Waals surface area contributed by atoms with Gasteiger partial charge in [-0.3, -0.25) is 5.41 Å². The van der Waals surface area contributed by atoms with Crippen LogP contribution in [0.15, 0.2) is 24.3 Å². The van der Waals surface area contributed by atoms with Crippen molar-refractivity contribution in [3.8, 4) is 0 Å². The largest absolute Gasteiger partial charge is 0.258 e. The van der Waals surface area contributed by atoms with Crippen LogP contribution in [0.3, 0.4) is 0 Å². The van der Waals surface area contributed by atoms with E-state index in [0.717, 1.165) is 11.1 Å². The van der Waals surface area contributed by atoms with Gasteiger partial charge in [0.15, 0.2) is 0 Å². The molecule has 0 aromatic heterocycles. The summed E-state index contributed by atoms with van der Waals surface area (Å²) in [5.41, 5.74) is 0.407. The summed E-state index contributed by atoms with van der Waals surface area (Å²) in [5, 5.41) is 9.22. The van der Waals surface area contributed by atoms with Gasteiger partial charge in [0, 0.05) is 21.0 Å². The van der Waals surface area contributed by atoms with Gasteiger partial charge in [-0.05, 0) is 34.6 Å². The Morgan fingerprint density at radius 1 is 1.11 bits per heavy atom. The molecule has 2 rings (SSSR count). The monoisotopic (exact) mass is 277 g/mol. The molecule has 1 aromatic carbocycles. The van der Waals surface area contributed by atoms with E-state index in [9.17, 15) is 0 Å². The van der Waals surface area contributed by atoms with Gasteiger partial charge >= 0.3 is 0 Å². The first-order chi connectivity index (χ1) is 8.50. The maximum Gasteiger partial charge on any atom is 0.0474 e. The molecule has 96 valence electrons. The summed E-state index contributed by atoms with van der Waals surface area (Å²) >= 11 is 3.95. The molecule has 0 saturated carbocycles. The van der Waals surface area contributed by atoms with Crippen molar-refractivity contribution < 1.29 is 0 Å². The van der Waals surface area contributed by atoms with Crippen LogP contribution in [-0.4, -0.2) is 17.4 Å². The van der Waals surface area contributed by atoms with Crippen molar-refractivity contribution >= 4 is 33.6 Å². The quantitative estimate of drug-likeness (QED) is 0.737. The average Bonchev–Trinajstić information content (AvgIpc) is 2.38. The minimum atomic E-state index is 0.407. The van der Waals surface area contributed by atoms with E-state index in [-0.39, 0.29) is 0 Å². The molecule has 18 heavy (non-hydrogen) atoms. The summed E-state index contributed by atoms with van der Waals surface area (Å²) in [4.78, 5) is 0. The highest BCUT2D eigenvalue weighted by atomic mass is 32.2. The zero-order chi connectivity index (χ0) is 13.2. The second-order valence-corrected chi connectivity index (χ2v) is 7.99. The van der Waals surface area contributed by atoms with E-state index in [1.54, 1.807) is 0 Å². The van der Waals surface area contributed by atoms with E-state index in [1.807, 2.05) is 35.7 Å². The minimum absolute atomic E-state index is 0.407. The molecule has 1 aliphatic rings. The number of benzene rings is 1. The summed E-state index contributed by atoms with van der Waals surface area (Å²) in [6, 6.07) is 8.13. The normalized spacial score (nSPS) is 20.6. The van der Waals surface area contributed by atoms with Crippen LogP contribution in [0, 0.1) is 16.7 Å². The third kappa shape index (κ3) is 3.23. The maximum absolute atomic E-state index is 7.09. The van der Waals surface area contributed by atoms with E-state index in [2.05, 4.69) is 38.8 Å². The standard InChI is InChI=1S/C15H19NS2/c1-15(2,3)13-9-17-14(18-10-13)12-6-4-11(8-16)5-7-12/h4-7,13,16H,9-10H2,1-3H3. The van der Waals surface area contributed by atoms with E-state index in [0.29, 0.717) is 5.41 Å². The van der Waals surface area contributed by atoms with E-state index in [4.69, 9.17) is 5.41 Å². The predicted molar refractivity (Wildman–Crippen MR) is 83.8 cm³/mol. The van der Waals surface area contributed by atoms with Gasteiger partial charge in [0.2, 0.25) is 0 Å². The Hall–Kier alpha value is -0.630. The molecule has 1 heterocycles. The first-order valence-electron chi connectivity index (χ1n) is 6.16. The van der Waals surface area contributed by atoms with Gasteiger partial charge in [-0.2, -0.15) is 0 Å². The van der Waals surface area contributed by atoms with Gasteiger partial charge in [0.25, 0.3) is 0 Å². The molecule has 0 bridgehead atoms. The molecule has 1 aliphatic heterocycles. The lowest BCUT2D eigenvalue weighted by atomic mass is 9.83. The van der Waals surface area contributed by atoms with Crippen LogP contribution in [0.1, 0.15) is 20.8 Å². The van der Waals surface area contributed by atoms with Crippen molar-refractivity contribution in [2.75, 3.05) is 11.5 Å². The van der Waals surface area contributed by atoms with Gasteiger partial charge < -0.3 is 0 Å².